The highest BCUT2D eigenvalue weighted by atomic mass is 19.1. The summed E-state index contributed by atoms with van der Waals surface area (Å²) in [5, 5.41) is 11.5. The Balaban J connectivity index is 1.24. The van der Waals surface area contributed by atoms with Crippen LogP contribution in [0.1, 0.15) is 5.69 Å². The van der Waals surface area contributed by atoms with Gasteiger partial charge in [0.25, 0.3) is 0 Å². The van der Waals surface area contributed by atoms with E-state index in [9.17, 15) is 4.39 Å². The van der Waals surface area contributed by atoms with Crippen LogP contribution in [-0.2, 0) is 4.74 Å². The SMILES string of the molecule is NC(=N/C=C(/F)CN1CCOCC1)N/N=C/c1ccc(Nc2ccc(-n3cccn3)cc2)cn1. The van der Waals surface area contributed by atoms with E-state index in [1.165, 1.54) is 6.21 Å². The van der Waals surface area contributed by atoms with Gasteiger partial charge in [0.1, 0.15) is 5.83 Å². The molecule has 0 amide bonds. The lowest BCUT2D eigenvalue weighted by atomic mass is 10.2. The Labute approximate surface area is 196 Å². The van der Waals surface area contributed by atoms with Crippen LogP contribution in [0.25, 0.3) is 5.69 Å². The lowest BCUT2D eigenvalue weighted by molar-refractivity contribution is 0.0400. The van der Waals surface area contributed by atoms with Crippen LogP contribution in [-0.4, -0.2) is 64.7 Å². The molecule has 176 valence electrons. The Kier molecular flexibility index (Phi) is 7.93. The van der Waals surface area contributed by atoms with E-state index in [2.05, 4.69) is 30.9 Å². The fourth-order valence-corrected chi connectivity index (χ4v) is 3.19. The molecule has 0 spiro atoms. The molecule has 3 aromatic rings. The molecule has 0 radical (unpaired) electrons. The molecule has 0 unspecified atom stereocenters. The van der Waals surface area contributed by atoms with Gasteiger partial charge < -0.3 is 15.8 Å². The van der Waals surface area contributed by atoms with Crippen molar-refractivity contribution < 1.29 is 9.13 Å². The molecule has 0 bridgehead atoms. The highest BCUT2D eigenvalue weighted by Crippen LogP contribution is 2.17. The zero-order chi connectivity index (χ0) is 23.6. The molecule has 10 nitrogen and oxygen atoms in total. The van der Waals surface area contributed by atoms with Crippen molar-refractivity contribution in [2.24, 2.45) is 15.8 Å². The average Bonchev–Trinajstić information content (AvgIpc) is 3.40. The molecule has 1 aromatic carbocycles. The van der Waals surface area contributed by atoms with Crippen LogP contribution in [0, 0.1) is 0 Å². The van der Waals surface area contributed by atoms with Gasteiger partial charge in [0.05, 0.1) is 55.4 Å². The number of aliphatic imine (C=N–C) groups is 1. The van der Waals surface area contributed by atoms with E-state index in [1.54, 1.807) is 23.1 Å². The minimum Gasteiger partial charge on any atom is -0.379 e. The van der Waals surface area contributed by atoms with Crippen molar-refractivity contribution in [3.05, 3.63) is 78.8 Å². The predicted octanol–water partition coefficient (Wildman–Crippen LogP) is 2.39. The number of ether oxygens (including phenoxy) is 1. The first-order valence-corrected chi connectivity index (χ1v) is 10.8. The van der Waals surface area contributed by atoms with Crippen molar-refractivity contribution in [2.75, 3.05) is 38.2 Å². The average molecular weight is 464 g/mol. The standard InChI is InChI=1S/C23H26FN9O/c24-18(17-32-10-12-34-13-11-32)14-27-23(25)31-28-16-20-2-3-21(15-26-20)30-19-4-6-22(7-5-19)33-9-1-8-29-33/h1-9,14-16,30H,10-13,17H2,(H3,25,27,31)/b18-14+,28-16+. The number of hydrogen-bond donors (Lipinski definition) is 3. The molecule has 0 saturated carbocycles. The summed E-state index contributed by atoms with van der Waals surface area (Å²) < 4.78 is 21.0. The third-order valence-corrected chi connectivity index (χ3v) is 4.91. The van der Waals surface area contributed by atoms with Gasteiger partial charge in [-0.25, -0.2) is 19.5 Å². The normalized spacial score (nSPS) is 15.6. The van der Waals surface area contributed by atoms with Gasteiger partial charge in [-0.2, -0.15) is 10.2 Å². The Morgan fingerprint density at radius 2 is 1.94 bits per heavy atom. The minimum atomic E-state index is -0.378. The maximum atomic E-state index is 13.9. The van der Waals surface area contributed by atoms with Gasteiger partial charge in [-0.05, 0) is 42.5 Å². The molecule has 4 rings (SSSR count). The molecule has 2 aromatic heterocycles. The minimum absolute atomic E-state index is 0.0229. The molecule has 1 saturated heterocycles. The van der Waals surface area contributed by atoms with Gasteiger partial charge in [-0.3, -0.25) is 9.88 Å². The number of rotatable bonds is 8. The third-order valence-electron chi connectivity index (χ3n) is 4.91. The van der Waals surface area contributed by atoms with Gasteiger partial charge >= 0.3 is 0 Å². The second kappa shape index (κ2) is 11.7. The summed E-state index contributed by atoms with van der Waals surface area (Å²) in [5.74, 6) is -0.401. The molecule has 1 aliphatic heterocycles. The summed E-state index contributed by atoms with van der Waals surface area (Å²) in [4.78, 5) is 10.1. The fourth-order valence-electron chi connectivity index (χ4n) is 3.19. The Hall–Kier alpha value is -4.09. The van der Waals surface area contributed by atoms with Crippen molar-refractivity contribution in [2.45, 2.75) is 0 Å². The number of hydrogen-bond acceptors (Lipinski definition) is 7. The third kappa shape index (κ3) is 6.95. The summed E-state index contributed by atoms with van der Waals surface area (Å²) >= 11 is 0. The number of nitrogens with one attached hydrogen (secondary N) is 2. The molecule has 0 aliphatic carbocycles. The fraction of sp³-hybridized carbons (Fsp3) is 0.217. The van der Waals surface area contributed by atoms with E-state index in [0.717, 1.165) is 23.3 Å². The quantitative estimate of drug-likeness (QED) is 0.267. The summed E-state index contributed by atoms with van der Waals surface area (Å²) in [5.41, 5.74) is 11.6. The molecule has 4 N–H and O–H groups in total. The largest absolute Gasteiger partial charge is 0.379 e. The van der Waals surface area contributed by atoms with E-state index < -0.39 is 0 Å². The van der Waals surface area contributed by atoms with Gasteiger partial charge in [0.2, 0.25) is 5.96 Å². The van der Waals surface area contributed by atoms with Crippen LogP contribution in [0.5, 0.6) is 0 Å². The Morgan fingerprint density at radius 3 is 2.65 bits per heavy atom. The zero-order valence-electron chi connectivity index (χ0n) is 18.5. The number of anilines is 2. The molecule has 1 aliphatic rings. The second-order valence-corrected chi connectivity index (χ2v) is 7.44. The van der Waals surface area contributed by atoms with Gasteiger partial charge in [0, 0.05) is 31.2 Å². The summed E-state index contributed by atoms with van der Waals surface area (Å²) in [6.07, 6.45) is 7.92. The van der Waals surface area contributed by atoms with Gasteiger partial charge in [0.15, 0.2) is 0 Å². The van der Waals surface area contributed by atoms with Crippen molar-refractivity contribution >= 4 is 23.5 Å². The van der Waals surface area contributed by atoms with Crippen molar-refractivity contribution in [1.82, 2.24) is 25.1 Å². The molecular weight excluding hydrogens is 437 g/mol. The number of hydrazone groups is 1. The predicted molar refractivity (Wildman–Crippen MR) is 130 cm³/mol. The van der Waals surface area contributed by atoms with Crippen LogP contribution in [0.3, 0.4) is 0 Å². The number of guanidine groups is 1. The number of nitrogens with zero attached hydrogens (tertiary/aromatic N) is 6. The first-order chi connectivity index (χ1) is 16.7. The lowest BCUT2D eigenvalue weighted by Gasteiger charge is -2.25. The van der Waals surface area contributed by atoms with E-state index in [4.69, 9.17) is 10.5 Å². The number of morpholine rings is 1. The van der Waals surface area contributed by atoms with Crippen molar-refractivity contribution in [3.63, 3.8) is 0 Å². The monoisotopic (exact) mass is 463 g/mol. The maximum Gasteiger partial charge on any atom is 0.214 e. The zero-order valence-corrected chi connectivity index (χ0v) is 18.5. The van der Waals surface area contributed by atoms with Crippen LogP contribution >= 0.6 is 0 Å². The number of benzene rings is 1. The van der Waals surface area contributed by atoms with Crippen molar-refractivity contribution in [1.29, 1.82) is 0 Å². The number of nitrogens with two attached hydrogens (primary N) is 1. The van der Waals surface area contributed by atoms with Crippen LogP contribution in [0.2, 0.25) is 0 Å². The van der Waals surface area contributed by atoms with Crippen molar-refractivity contribution in [3.8, 4) is 5.69 Å². The summed E-state index contributed by atoms with van der Waals surface area (Å²) in [6.45, 7) is 2.80. The molecule has 3 heterocycles. The van der Waals surface area contributed by atoms with E-state index >= 15 is 0 Å². The van der Waals surface area contributed by atoms with E-state index in [0.29, 0.717) is 32.0 Å². The first kappa shape index (κ1) is 23.1. The number of aromatic nitrogens is 3. The van der Waals surface area contributed by atoms with Crippen LogP contribution in [0.4, 0.5) is 15.8 Å². The molecular formula is C23H26FN9O. The Morgan fingerprint density at radius 1 is 1.15 bits per heavy atom. The summed E-state index contributed by atoms with van der Waals surface area (Å²) in [7, 11) is 0. The number of halogens is 1. The molecule has 34 heavy (non-hydrogen) atoms. The topological polar surface area (TPSA) is 118 Å². The molecule has 1 fully saturated rings. The maximum absolute atomic E-state index is 13.9. The number of pyridine rings is 1. The smallest absolute Gasteiger partial charge is 0.214 e. The summed E-state index contributed by atoms with van der Waals surface area (Å²) in [6, 6.07) is 13.5. The second-order valence-electron chi connectivity index (χ2n) is 7.44. The van der Waals surface area contributed by atoms with Crippen LogP contribution < -0.4 is 16.5 Å². The van der Waals surface area contributed by atoms with Gasteiger partial charge in [-0.15, -0.1) is 0 Å². The van der Waals surface area contributed by atoms with E-state index in [-0.39, 0.29) is 18.3 Å². The first-order valence-electron chi connectivity index (χ1n) is 10.8. The Bertz CT molecular complexity index is 1120. The molecule has 11 heteroatoms. The highest BCUT2D eigenvalue weighted by molar-refractivity contribution is 5.82. The van der Waals surface area contributed by atoms with E-state index in [1.807, 2.05) is 47.5 Å². The van der Waals surface area contributed by atoms with Crippen LogP contribution in [0.15, 0.2) is 83.2 Å². The molecule has 0 atom stereocenters. The van der Waals surface area contributed by atoms with Gasteiger partial charge in [-0.1, -0.05) is 0 Å². The highest BCUT2D eigenvalue weighted by Gasteiger charge is 2.11. The lowest BCUT2D eigenvalue weighted by Crippen LogP contribution is -2.37.